The predicted molar refractivity (Wildman–Crippen MR) is 186 cm³/mol. The molecule has 0 spiro atoms. The van der Waals surface area contributed by atoms with Crippen molar-refractivity contribution in [1.29, 1.82) is 0 Å². The van der Waals surface area contributed by atoms with Crippen LogP contribution in [0.2, 0.25) is 0 Å². The number of esters is 3. The Morgan fingerprint density at radius 1 is 0.400 bits per heavy atom. The number of rotatable bonds is 26. The van der Waals surface area contributed by atoms with E-state index < -0.39 is 24.0 Å². The van der Waals surface area contributed by atoms with Gasteiger partial charge in [-0.05, 0) is 57.8 Å². The average Bonchev–Trinajstić information content (AvgIpc) is 3.03. The van der Waals surface area contributed by atoms with Crippen molar-refractivity contribution in [2.24, 2.45) is 0 Å². The normalized spacial score (nSPS) is 12.8. The first kappa shape index (κ1) is 41.1. The van der Waals surface area contributed by atoms with Crippen LogP contribution in [0, 0.1) is 0 Å². The number of hydrogen-bond donors (Lipinski definition) is 0. The molecule has 0 aromatic carbocycles. The molecular formula is C39H56O6. The number of ether oxygens (including phenoxy) is 3. The van der Waals surface area contributed by atoms with E-state index in [1.807, 2.05) is 36.5 Å². The lowest BCUT2D eigenvalue weighted by atomic mass is 10.2. The minimum atomic E-state index is -0.893. The highest BCUT2D eigenvalue weighted by Gasteiger charge is 2.18. The summed E-state index contributed by atoms with van der Waals surface area (Å²) in [6.07, 6.45) is 43.3. The Morgan fingerprint density at radius 3 is 0.978 bits per heavy atom. The quantitative estimate of drug-likeness (QED) is 0.0544. The van der Waals surface area contributed by atoms with E-state index in [1.54, 1.807) is 18.2 Å². The lowest BCUT2D eigenvalue weighted by molar-refractivity contribution is -0.165. The fourth-order valence-electron chi connectivity index (χ4n) is 3.50. The van der Waals surface area contributed by atoms with Gasteiger partial charge >= 0.3 is 17.9 Å². The Bertz CT molecular complexity index is 980. The van der Waals surface area contributed by atoms with E-state index in [2.05, 4.69) is 75.5 Å². The third-order valence-electron chi connectivity index (χ3n) is 5.85. The molecule has 0 radical (unpaired) electrons. The zero-order valence-corrected chi connectivity index (χ0v) is 27.8. The van der Waals surface area contributed by atoms with E-state index in [4.69, 9.17) is 14.2 Å². The van der Waals surface area contributed by atoms with Crippen LogP contribution in [0.5, 0.6) is 0 Å². The van der Waals surface area contributed by atoms with Gasteiger partial charge in [-0.2, -0.15) is 0 Å². The van der Waals surface area contributed by atoms with Gasteiger partial charge in [0.1, 0.15) is 13.2 Å². The van der Waals surface area contributed by atoms with Crippen LogP contribution in [0.1, 0.15) is 97.8 Å². The van der Waals surface area contributed by atoms with Gasteiger partial charge in [-0.25, -0.2) is 0 Å². The molecule has 0 N–H and O–H groups in total. The van der Waals surface area contributed by atoms with Gasteiger partial charge < -0.3 is 14.2 Å². The van der Waals surface area contributed by atoms with Crippen molar-refractivity contribution >= 4 is 17.9 Å². The van der Waals surface area contributed by atoms with Crippen molar-refractivity contribution in [2.45, 2.75) is 104 Å². The highest BCUT2D eigenvalue weighted by atomic mass is 16.6. The third kappa shape index (κ3) is 31.3. The summed E-state index contributed by atoms with van der Waals surface area (Å²) in [7, 11) is 0. The van der Waals surface area contributed by atoms with Crippen molar-refractivity contribution in [2.75, 3.05) is 13.2 Å². The molecule has 0 aromatic rings. The topological polar surface area (TPSA) is 78.9 Å². The molecule has 248 valence electrons. The molecular weight excluding hydrogens is 564 g/mol. The van der Waals surface area contributed by atoms with Crippen molar-refractivity contribution in [3.8, 4) is 0 Å². The minimum Gasteiger partial charge on any atom is -0.461 e. The molecule has 6 heteroatoms. The Balaban J connectivity index is 4.76. The molecule has 0 heterocycles. The predicted octanol–water partition coefficient (Wildman–Crippen LogP) is 9.73. The van der Waals surface area contributed by atoms with Crippen LogP contribution in [-0.2, 0) is 28.6 Å². The Hall–Kier alpha value is -3.93. The molecule has 0 aliphatic carbocycles. The summed E-state index contributed by atoms with van der Waals surface area (Å²) in [5, 5.41) is 0. The van der Waals surface area contributed by atoms with Crippen LogP contribution in [0.15, 0.2) is 109 Å². The van der Waals surface area contributed by atoms with E-state index in [-0.39, 0.29) is 32.5 Å². The molecule has 0 aromatic heterocycles. The molecule has 0 rings (SSSR count). The highest BCUT2D eigenvalue weighted by Crippen LogP contribution is 2.04. The summed E-state index contributed by atoms with van der Waals surface area (Å²) in [5.41, 5.74) is 0. The van der Waals surface area contributed by atoms with E-state index in [0.29, 0.717) is 6.42 Å². The monoisotopic (exact) mass is 620 g/mol. The van der Waals surface area contributed by atoms with Gasteiger partial charge in [0.2, 0.25) is 0 Å². The van der Waals surface area contributed by atoms with Gasteiger partial charge in [0.25, 0.3) is 0 Å². The van der Waals surface area contributed by atoms with Crippen LogP contribution >= 0.6 is 0 Å². The lowest BCUT2D eigenvalue weighted by Gasteiger charge is -2.17. The first-order valence-corrected chi connectivity index (χ1v) is 16.4. The second-order valence-electron chi connectivity index (χ2n) is 9.97. The average molecular weight is 621 g/mol. The zero-order valence-electron chi connectivity index (χ0n) is 27.8. The fourth-order valence-corrected chi connectivity index (χ4v) is 3.50. The maximum absolute atomic E-state index is 12.4. The summed E-state index contributed by atoms with van der Waals surface area (Å²) in [4.78, 5) is 36.9. The van der Waals surface area contributed by atoms with Gasteiger partial charge in [-0.1, -0.05) is 130 Å². The van der Waals surface area contributed by atoms with Crippen LogP contribution in [0.4, 0.5) is 0 Å². The molecule has 0 atom stereocenters. The molecule has 0 fully saturated rings. The smallest absolute Gasteiger partial charge is 0.310 e. The Labute approximate surface area is 272 Å². The maximum atomic E-state index is 12.4. The Morgan fingerprint density at radius 2 is 0.667 bits per heavy atom. The van der Waals surface area contributed by atoms with E-state index in [1.165, 1.54) is 0 Å². The second-order valence-corrected chi connectivity index (χ2v) is 9.97. The molecule has 0 saturated heterocycles. The summed E-state index contributed by atoms with van der Waals surface area (Å²) in [6.45, 7) is 5.90. The van der Waals surface area contributed by atoms with Gasteiger partial charge in [-0.15, -0.1) is 0 Å². The first-order valence-electron chi connectivity index (χ1n) is 16.4. The number of hydrogen-bond acceptors (Lipinski definition) is 6. The fraction of sp³-hybridized carbons (Fsp3) is 0.462. The van der Waals surface area contributed by atoms with E-state index >= 15 is 0 Å². The lowest BCUT2D eigenvalue weighted by Crippen LogP contribution is -2.30. The van der Waals surface area contributed by atoms with Crippen molar-refractivity contribution in [3.05, 3.63) is 109 Å². The number of carbonyl (C=O) groups excluding carboxylic acids is 3. The maximum Gasteiger partial charge on any atom is 0.310 e. The highest BCUT2D eigenvalue weighted by molar-refractivity contribution is 5.73. The van der Waals surface area contributed by atoms with Gasteiger partial charge in [0.05, 0.1) is 19.3 Å². The third-order valence-corrected chi connectivity index (χ3v) is 5.85. The standard InChI is InChI=1S/C39H56O6/c1-4-7-10-13-16-19-22-25-28-31-37(40)43-34-36(45-39(42)33-30-27-24-21-18-15-12-9-6-3)35-44-38(41)32-29-26-23-20-17-14-11-8-5-2/h7-12,16-21,25-30,36H,4-6,13-15,22-24,31-35H2,1-3H3/b10-7-,11-8-,12-9-,19-16-,20-17-,21-18-,28-25-,29-26-,30-27-. The summed E-state index contributed by atoms with van der Waals surface area (Å²) in [5.74, 6) is -1.38. The van der Waals surface area contributed by atoms with Crippen molar-refractivity contribution in [1.82, 2.24) is 0 Å². The SMILES string of the molecule is CC/C=C\C/C=C\C/C=C\CC(=O)OCC(COC(=O)C/C=C\C/C=C\C/C=C\CC)OC(=O)C/C=C\C/C=C\C/C=C\CC. The second kappa shape index (κ2) is 33.0. The first-order chi connectivity index (χ1) is 22.0. The molecule has 0 aliphatic heterocycles. The van der Waals surface area contributed by atoms with E-state index in [9.17, 15) is 14.4 Å². The van der Waals surface area contributed by atoms with Gasteiger partial charge in [0.15, 0.2) is 6.10 Å². The molecule has 0 amide bonds. The molecule has 45 heavy (non-hydrogen) atoms. The summed E-state index contributed by atoms with van der Waals surface area (Å²) in [6, 6.07) is 0. The number of allylic oxidation sites excluding steroid dienone is 15. The largest absolute Gasteiger partial charge is 0.461 e. The molecule has 0 bridgehead atoms. The summed E-state index contributed by atoms with van der Waals surface area (Å²) < 4.78 is 16.1. The van der Waals surface area contributed by atoms with Crippen LogP contribution < -0.4 is 0 Å². The molecule has 0 aliphatic rings. The number of carbonyl (C=O) groups is 3. The van der Waals surface area contributed by atoms with Gasteiger partial charge in [0, 0.05) is 0 Å². The molecule has 0 saturated carbocycles. The van der Waals surface area contributed by atoms with Crippen molar-refractivity contribution in [3.63, 3.8) is 0 Å². The molecule has 6 nitrogen and oxygen atoms in total. The van der Waals surface area contributed by atoms with E-state index in [0.717, 1.165) is 51.4 Å². The van der Waals surface area contributed by atoms with Crippen LogP contribution in [-0.4, -0.2) is 37.2 Å². The van der Waals surface area contributed by atoms with Crippen LogP contribution in [0.25, 0.3) is 0 Å². The van der Waals surface area contributed by atoms with Gasteiger partial charge in [-0.3, -0.25) is 14.4 Å². The summed E-state index contributed by atoms with van der Waals surface area (Å²) >= 11 is 0. The van der Waals surface area contributed by atoms with Crippen molar-refractivity contribution < 1.29 is 28.6 Å². The minimum absolute atomic E-state index is 0.0664. The van der Waals surface area contributed by atoms with Crippen LogP contribution in [0.3, 0.4) is 0 Å². The Kier molecular flexibility index (Phi) is 30.1. The zero-order chi connectivity index (χ0) is 33.1. The molecule has 0 unspecified atom stereocenters.